The van der Waals surface area contributed by atoms with Crippen molar-refractivity contribution in [3.05, 3.63) is 12.3 Å². The maximum Gasteiger partial charge on any atom is 0.245 e. The van der Waals surface area contributed by atoms with Gasteiger partial charge in [0.25, 0.3) is 0 Å². The summed E-state index contributed by atoms with van der Waals surface area (Å²) in [4.78, 5) is 26.2. The van der Waals surface area contributed by atoms with Gasteiger partial charge in [-0.2, -0.15) is 0 Å². The van der Waals surface area contributed by atoms with Crippen LogP contribution in [0.3, 0.4) is 0 Å². The van der Waals surface area contributed by atoms with Crippen LogP contribution in [0.25, 0.3) is 0 Å². The highest BCUT2D eigenvalue weighted by molar-refractivity contribution is 5.93. The Hall–Kier alpha value is -1.85. The molecule has 1 aromatic rings. The minimum absolute atomic E-state index is 0.0670. The Kier molecular flexibility index (Phi) is 11.4. The van der Waals surface area contributed by atoms with Crippen LogP contribution in [-0.2, 0) is 9.59 Å². The normalized spacial score (nSPS) is 10.6. The van der Waals surface area contributed by atoms with Gasteiger partial charge < -0.3 is 14.7 Å². The zero-order valence-electron chi connectivity index (χ0n) is 15.8. The van der Waals surface area contributed by atoms with E-state index in [9.17, 15) is 9.59 Å². The highest BCUT2D eigenvalue weighted by Crippen LogP contribution is 2.10. The maximum absolute atomic E-state index is 12.4. The lowest BCUT2D eigenvalue weighted by Crippen LogP contribution is -2.38. The molecule has 0 unspecified atom stereocenters. The Balaban J connectivity index is 2.31. The molecule has 6 nitrogen and oxygen atoms in total. The molecule has 1 aromatic heterocycles. The number of carbonyl (C=O) groups is 2. The Morgan fingerprint density at radius 3 is 2.36 bits per heavy atom. The van der Waals surface area contributed by atoms with Gasteiger partial charge in [0.15, 0.2) is 5.82 Å². The van der Waals surface area contributed by atoms with Crippen LogP contribution in [0.5, 0.6) is 0 Å². The third kappa shape index (κ3) is 9.89. The van der Waals surface area contributed by atoms with E-state index in [4.69, 9.17) is 0 Å². The van der Waals surface area contributed by atoms with Crippen LogP contribution in [0.2, 0.25) is 0 Å². The second-order valence-corrected chi connectivity index (χ2v) is 6.47. The Morgan fingerprint density at radius 2 is 1.72 bits per heavy atom. The fraction of sp³-hybridized carbons (Fsp3) is 0.737. The maximum atomic E-state index is 12.4. The van der Waals surface area contributed by atoms with Gasteiger partial charge in [-0.1, -0.05) is 63.9 Å². The number of hydrogen-bond acceptors (Lipinski definition) is 4. The molecule has 0 fully saturated rings. The zero-order valence-corrected chi connectivity index (χ0v) is 15.8. The highest BCUT2D eigenvalue weighted by atomic mass is 16.5. The average Bonchev–Trinajstić information content (AvgIpc) is 3.10. The van der Waals surface area contributed by atoms with Crippen molar-refractivity contribution in [3.63, 3.8) is 0 Å². The van der Waals surface area contributed by atoms with Gasteiger partial charge in [-0.05, 0) is 12.8 Å². The molecule has 6 heteroatoms. The summed E-state index contributed by atoms with van der Waals surface area (Å²) < 4.78 is 4.69. The summed E-state index contributed by atoms with van der Waals surface area (Å²) in [5.74, 6) is 0.204. The molecule has 1 rings (SSSR count). The van der Waals surface area contributed by atoms with Crippen molar-refractivity contribution in [2.24, 2.45) is 0 Å². The quantitative estimate of drug-likeness (QED) is 0.505. The first kappa shape index (κ1) is 21.2. The lowest BCUT2D eigenvalue weighted by Gasteiger charge is -2.22. The van der Waals surface area contributed by atoms with Gasteiger partial charge in [-0.25, -0.2) is 0 Å². The first-order chi connectivity index (χ1) is 12.2. The predicted octanol–water partition coefficient (Wildman–Crippen LogP) is 4.38. The number of nitrogens with one attached hydrogen (secondary N) is 1. The van der Waals surface area contributed by atoms with E-state index in [2.05, 4.69) is 28.8 Å². The van der Waals surface area contributed by atoms with Crippen LogP contribution >= 0.6 is 0 Å². The van der Waals surface area contributed by atoms with E-state index in [1.807, 2.05) is 0 Å². The molecule has 0 atom stereocenters. The monoisotopic (exact) mass is 351 g/mol. The van der Waals surface area contributed by atoms with Crippen LogP contribution in [0, 0.1) is 0 Å². The number of rotatable bonds is 14. The number of carbonyl (C=O) groups excluding carboxylic acids is 2. The van der Waals surface area contributed by atoms with Gasteiger partial charge in [-0.3, -0.25) is 9.59 Å². The molecule has 25 heavy (non-hydrogen) atoms. The first-order valence-corrected chi connectivity index (χ1v) is 9.65. The van der Waals surface area contributed by atoms with Crippen molar-refractivity contribution in [1.29, 1.82) is 0 Å². The molecule has 0 saturated carbocycles. The number of unbranched alkanes of at least 4 members (excludes halogenated alkanes) is 7. The largest absolute Gasteiger partial charge is 0.363 e. The molecule has 0 aliphatic carbocycles. The average molecular weight is 351 g/mol. The summed E-state index contributed by atoms with van der Waals surface area (Å²) in [7, 11) is 0. The molecule has 0 spiro atoms. The molecule has 0 aliphatic rings. The Morgan fingerprint density at radius 1 is 1.04 bits per heavy atom. The summed E-state index contributed by atoms with van der Waals surface area (Å²) in [6.07, 6.45) is 12.1. The van der Waals surface area contributed by atoms with E-state index in [1.165, 1.54) is 38.4 Å². The molecule has 2 amide bonds. The molecule has 0 aliphatic heterocycles. The smallest absolute Gasteiger partial charge is 0.245 e. The van der Waals surface area contributed by atoms with Crippen LogP contribution in [0.1, 0.15) is 78.1 Å². The molecule has 142 valence electrons. The second-order valence-electron chi connectivity index (χ2n) is 6.47. The van der Waals surface area contributed by atoms with Crippen LogP contribution in [-0.4, -0.2) is 35.0 Å². The van der Waals surface area contributed by atoms with Crippen molar-refractivity contribution in [3.8, 4) is 0 Å². The summed E-state index contributed by atoms with van der Waals surface area (Å²) in [6, 6.07) is 1.58. The SMILES string of the molecule is CCCCCCCCCC(=O)N(CCCC)CC(=O)Nc1ccon1. The first-order valence-electron chi connectivity index (χ1n) is 9.65. The topological polar surface area (TPSA) is 75.4 Å². The lowest BCUT2D eigenvalue weighted by molar-refractivity contribution is -0.134. The molecule has 0 bridgehead atoms. The van der Waals surface area contributed by atoms with Crippen molar-refractivity contribution < 1.29 is 14.1 Å². The Labute approximate surface area is 151 Å². The van der Waals surface area contributed by atoms with Gasteiger partial charge in [0.1, 0.15) is 6.26 Å². The molecular weight excluding hydrogens is 318 g/mol. The number of aromatic nitrogens is 1. The van der Waals surface area contributed by atoms with Gasteiger partial charge in [0.2, 0.25) is 11.8 Å². The van der Waals surface area contributed by atoms with Crippen molar-refractivity contribution in [2.75, 3.05) is 18.4 Å². The molecule has 0 radical (unpaired) electrons. The third-order valence-electron chi connectivity index (χ3n) is 4.17. The molecule has 1 N–H and O–H groups in total. The van der Waals surface area contributed by atoms with E-state index >= 15 is 0 Å². The minimum atomic E-state index is -0.238. The van der Waals surface area contributed by atoms with Crippen molar-refractivity contribution in [1.82, 2.24) is 10.1 Å². The third-order valence-corrected chi connectivity index (χ3v) is 4.17. The lowest BCUT2D eigenvalue weighted by atomic mass is 10.1. The fourth-order valence-electron chi connectivity index (χ4n) is 2.67. The van der Waals surface area contributed by atoms with Crippen LogP contribution in [0.4, 0.5) is 5.82 Å². The summed E-state index contributed by atoms with van der Waals surface area (Å²) >= 11 is 0. The number of anilines is 1. The zero-order chi connectivity index (χ0) is 18.3. The molecule has 1 heterocycles. The van der Waals surface area contributed by atoms with Gasteiger partial charge in [0.05, 0.1) is 6.54 Å². The van der Waals surface area contributed by atoms with E-state index < -0.39 is 0 Å². The number of nitrogens with zero attached hydrogens (tertiary/aromatic N) is 2. The number of hydrogen-bond donors (Lipinski definition) is 1. The van der Waals surface area contributed by atoms with Crippen LogP contribution in [0.15, 0.2) is 16.9 Å². The van der Waals surface area contributed by atoms with Gasteiger partial charge >= 0.3 is 0 Å². The fourth-order valence-corrected chi connectivity index (χ4v) is 2.67. The highest BCUT2D eigenvalue weighted by Gasteiger charge is 2.17. The Bertz CT molecular complexity index is 474. The van der Waals surface area contributed by atoms with Crippen molar-refractivity contribution in [2.45, 2.75) is 78.1 Å². The standard InChI is InChI=1S/C19H33N3O3/c1-3-5-7-8-9-10-11-12-19(24)22(14-6-4-2)16-18(23)20-17-13-15-25-21-17/h13,15H,3-12,14,16H2,1-2H3,(H,20,21,23). The molecule has 0 saturated heterocycles. The predicted molar refractivity (Wildman–Crippen MR) is 99.2 cm³/mol. The minimum Gasteiger partial charge on any atom is -0.363 e. The van der Waals surface area contributed by atoms with E-state index in [-0.39, 0.29) is 18.4 Å². The van der Waals surface area contributed by atoms with E-state index in [0.717, 1.165) is 25.7 Å². The molecular formula is C19H33N3O3. The summed E-state index contributed by atoms with van der Waals surface area (Å²) in [5.41, 5.74) is 0. The second kappa shape index (κ2) is 13.4. The summed E-state index contributed by atoms with van der Waals surface area (Å²) in [6.45, 7) is 4.98. The van der Waals surface area contributed by atoms with Gasteiger partial charge in [0, 0.05) is 19.0 Å². The number of amides is 2. The summed E-state index contributed by atoms with van der Waals surface area (Å²) in [5, 5.41) is 6.29. The van der Waals surface area contributed by atoms with Crippen molar-refractivity contribution >= 4 is 17.6 Å². The van der Waals surface area contributed by atoms with Gasteiger partial charge in [-0.15, -0.1) is 0 Å². The molecule has 0 aromatic carbocycles. The van der Waals surface area contributed by atoms with E-state index in [0.29, 0.717) is 18.8 Å². The van der Waals surface area contributed by atoms with Crippen LogP contribution < -0.4 is 5.32 Å². The van der Waals surface area contributed by atoms with E-state index in [1.54, 1.807) is 11.0 Å².